The molecule has 0 saturated heterocycles. The number of carbonyl (C=O) groups is 2. The van der Waals surface area contributed by atoms with Crippen LogP contribution in [0.3, 0.4) is 0 Å². The molecule has 2 N–H and O–H groups in total. The zero-order valence-corrected chi connectivity index (χ0v) is 19.3. The Morgan fingerprint density at radius 2 is 1.83 bits per heavy atom. The van der Waals surface area contributed by atoms with Gasteiger partial charge >= 0.3 is 0 Å². The largest absolute Gasteiger partial charge is 0.361 e. The number of imide groups is 1. The quantitative estimate of drug-likeness (QED) is 0.271. The van der Waals surface area contributed by atoms with Gasteiger partial charge in [-0.2, -0.15) is 5.10 Å². The molecule has 2 amide bonds. The highest BCUT2D eigenvalue weighted by Crippen LogP contribution is 2.37. The Bertz CT molecular complexity index is 1630. The van der Waals surface area contributed by atoms with E-state index < -0.39 is 11.8 Å². The van der Waals surface area contributed by atoms with E-state index in [1.165, 1.54) is 0 Å². The van der Waals surface area contributed by atoms with Crippen molar-refractivity contribution < 1.29 is 9.59 Å². The fourth-order valence-corrected chi connectivity index (χ4v) is 4.78. The molecule has 0 bridgehead atoms. The Kier molecular flexibility index (Phi) is 5.18. The summed E-state index contributed by atoms with van der Waals surface area (Å²) in [5.74, 6) is -0.542. The van der Waals surface area contributed by atoms with Crippen LogP contribution < -0.4 is 5.32 Å². The lowest BCUT2D eigenvalue weighted by Crippen LogP contribution is -2.22. The van der Waals surface area contributed by atoms with Gasteiger partial charge in [0.05, 0.1) is 22.9 Å². The van der Waals surface area contributed by atoms with Crippen molar-refractivity contribution in [3.8, 4) is 0 Å². The van der Waals surface area contributed by atoms with E-state index in [9.17, 15) is 9.59 Å². The van der Waals surface area contributed by atoms with Crippen LogP contribution >= 0.6 is 11.6 Å². The van der Waals surface area contributed by atoms with Gasteiger partial charge in [0, 0.05) is 53.2 Å². The van der Waals surface area contributed by atoms with E-state index in [0.29, 0.717) is 35.8 Å². The van der Waals surface area contributed by atoms with Gasteiger partial charge in [-0.1, -0.05) is 29.5 Å². The predicted molar refractivity (Wildman–Crippen MR) is 132 cm³/mol. The van der Waals surface area contributed by atoms with E-state index >= 15 is 0 Å². The Hall–Kier alpha value is -4.24. The minimum atomic E-state index is -0.453. The van der Waals surface area contributed by atoms with Crippen LogP contribution in [0.5, 0.6) is 0 Å². The van der Waals surface area contributed by atoms with Gasteiger partial charge in [-0.3, -0.25) is 24.3 Å². The Morgan fingerprint density at radius 1 is 0.971 bits per heavy atom. The lowest BCUT2D eigenvalue weighted by Gasteiger charge is -2.04. The molecule has 0 unspecified atom stereocenters. The molecule has 0 fully saturated rings. The molecule has 5 aromatic rings. The lowest BCUT2D eigenvalue weighted by atomic mass is 9.97. The fourth-order valence-electron chi connectivity index (χ4n) is 4.61. The number of benzene rings is 2. The number of halogens is 1. The third-order valence-corrected chi connectivity index (χ3v) is 6.53. The first kappa shape index (κ1) is 21.3. The number of aromatic nitrogens is 6. The number of nitrogens with zero attached hydrogens (tertiary/aromatic N) is 5. The van der Waals surface area contributed by atoms with Gasteiger partial charge in [-0.25, -0.2) is 0 Å². The second-order valence-corrected chi connectivity index (χ2v) is 8.63. The minimum absolute atomic E-state index is 0.276. The molecule has 0 radical (unpaired) electrons. The summed E-state index contributed by atoms with van der Waals surface area (Å²) in [7, 11) is 0. The number of amides is 2. The van der Waals surface area contributed by atoms with Crippen molar-refractivity contribution in [2.45, 2.75) is 25.4 Å². The first-order chi connectivity index (χ1) is 17.1. The van der Waals surface area contributed by atoms with Crippen LogP contribution in [-0.2, 0) is 28.6 Å². The summed E-state index contributed by atoms with van der Waals surface area (Å²) in [5, 5.41) is 16.8. The number of aryl methyl sites for hydroxylation is 2. The smallest absolute Gasteiger partial charge is 0.261 e. The number of alkyl halides is 1. The molecule has 9 nitrogen and oxygen atoms in total. The molecular weight excluding hydrogens is 466 g/mol. The molecule has 35 heavy (non-hydrogen) atoms. The molecule has 0 spiro atoms. The molecule has 0 saturated carbocycles. The molecule has 3 aromatic heterocycles. The zero-order valence-electron chi connectivity index (χ0n) is 18.5. The van der Waals surface area contributed by atoms with E-state index in [1.54, 1.807) is 17.1 Å². The van der Waals surface area contributed by atoms with Crippen LogP contribution in [0.4, 0.5) is 0 Å². The molecule has 10 heteroatoms. The van der Waals surface area contributed by atoms with Crippen molar-refractivity contribution >= 4 is 56.4 Å². The van der Waals surface area contributed by atoms with E-state index in [1.807, 2.05) is 53.3 Å². The predicted octanol–water partition coefficient (Wildman–Crippen LogP) is 3.51. The summed E-state index contributed by atoms with van der Waals surface area (Å²) in [6.45, 7) is 1.30. The number of hydrogen-bond donors (Lipinski definition) is 2. The van der Waals surface area contributed by atoms with Crippen molar-refractivity contribution in [3.63, 3.8) is 0 Å². The van der Waals surface area contributed by atoms with Gasteiger partial charge in [0.25, 0.3) is 11.8 Å². The fraction of sp³-hybridized carbons (Fsp3) is 0.160. The number of nitrogens with one attached hydrogen (secondary N) is 2. The molecule has 2 aromatic carbocycles. The third kappa shape index (κ3) is 3.60. The van der Waals surface area contributed by atoms with Gasteiger partial charge in [0.2, 0.25) is 0 Å². The van der Waals surface area contributed by atoms with Crippen molar-refractivity contribution in [1.29, 1.82) is 0 Å². The maximum absolute atomic E-state index is 13.1. The Balaban J connectivity index is 1.48. The van der Waals surface area contributed by atoms with Gasteiger partial charge in [0.1, 0.15) is 5.69 Å². The molecule has 0 aliphatic carbocycles. The van der Waals surface area contributed by atoms with Crippen LogP contribution in [0.2, 0.25) is 0 Å². The summed E-state index contributed by atoms with van der Waals surface area (Å²) >= 11 is 6.05. The van der Waals surface area contributed by atoms with Gasteiger partial charge in [-0.15, -0.1) is 16.7 Å². The average Bonchev–Trinajstić information content (AvgIpc) is 3.65. The van der Waals surface area contributed by atoms with E-state index in [0.717, 1.165) is 33.8 Å². The van der Waals surface area contributed by atoms with Crippen molar-refractivity contribution in [2.75, 3.05) is 0 Å². The molecule has 6 rings (SSSR count). The normalized spacial score (nSPS) is 14.0. The number of hydrogen-bond acceptors (Lipinski definition) is 5. The van der Waals surface area contributed by atoms with Gasteiger partial charge < -0.3 is 4.98 Å². The standard InChI is InChI=1S/C25H20ClN7O2/c26-13-15-6-7-19-17(12-15)18(14-27-19)21-22(25(35)29-24(21)34)23-16-4-1-2-5-20(16)33(30-23)10-3-9-32-11-8-28-31-32/h1-2,4-8,11-12,14,27H,3,9-10,13H2,(H,29,34,35). The molecule has 174 valence electrons. The van der Waals surface area contributed by atoms with Crippen molar-refractivity contribution in [3.05, 3.63) is 77.9 Å². The number of aromatic amines is 1. The highest BCUT2D eigenvalue weighted by Gasteiger charge is 2.36. The highest BCUT2D eigenvalue weighted by atomic mass is 35.5. The van der Waals surface area contributed by atoms with E-state index in [-0.39, 0.29) is 5.57 Å². The summed E-state index contributed by atoms with van der Waals surface area (Å²) in [5.41, 5.74) is 4.40. The van der Waals surface area contributed by atoms with Gasteiger partial charge in [0.15, 0.2) is 0 Å². The van der Waals surface area contributed by atoms with Crippen LogP contribution in [0.15, 0.2) is 61.1 Å². The zero-order chi connectivity index (χ0) is 23.9. The molecule has 1 aliphatic heterocycles. The summed E-state index contributed by atoms with van der Waals surface area (Å²) in [6.07, 6.45) is 5.99. The molecule has 4 heterocycles. The van der Waals surface area contributed by atoms with Crippen LogP contribution in [-0.4, -0.2) is 41.6 Å². The molecule has 1 aliphatic rings. The number of H-pyrrole nitrogens is 1. The topological polar surface area (TPSA) is 110 Å². The van der Waals surface area contributed by atoms with E-state index in [4.69, 9.17) is 16.7 Å². The molecular formula is C25H20ClN7O2. The van der Waals surface area contributed by atoms with Gasteiger partial charge in [-0.05, 0) is 30.2 Å². The lowest BCUT2D eigenvalue weighted by molar-refractivity contribution is -0.122. The van der Waals surface area contributed by atoms with Crippen LogP contribution in [0.25, 0.3) is 33.0 Å². The summed E-state index contributed by atoms with van der Waals surface area (Å²) < 4.78 is 3.64. The second-order valence-electron chi connectivity index (χ2n) is 8.36. The Labute approximate surface area is 204 Å². The van der Waals surface area contributed by atoms with Crippen molar-refractivity contribution in [1.82, 2.24) is 35.1 Å². The van der Waals surface area contributed by atoms with Crippen LogP contribution in [0, 0.1) is 0 Å². The summed E-state index contributed by atoms with van der Waals surface area (Å²) in [4.78, 5) is 29.3. The first-order valence-corrected chi connectivity index (χ1v) is 11.7. The van der Waals surface area contributed by atoms with Crippen molar-refractivity contribution in [2.24, 2.45) is 0 Å². The van der Waals surface area contributed by atoms with Crippen LogP contribution in [0.1, 0.15) is 23.2 Å². The monoisotopic (exact) mass is 485 g/mol. The minimum Gasteiger partial charge on any atom is -0.361 e. The second kappa shape index (κ2) is 8.52. The SMILES string of the molecule is O=C1NC(=O)C(c2nn(CCCn3ccnn3)c3ccccc23)=C1c1c[nH]c2ccc(CCl)cc12. The summed E-state index contributed by atoms with van der Waals surface area (Å²) in [6, 6.07) is 13.5. The maximum atomic E-state index is 13.1. The highest BCUT2D eigenvalue weighted by molar-refractivity contribution is 6.50. The number of fused-ring (bicyclic) bond motifs is 2. The first-order valence-electron chi connectivity index (χ1n) is 11.2. The number of para-hydroxylation sites is 1. The average molecular weight is 486 g/mol. The maximum Gasteiger partial charge on any atom is 0.261 e. The van der Waals surface area contributed by atoms with E-state index in [2.05, 4.69) is 20.6 Å². The number of carbonyl (C=O) groups excluding carboxylic acids is 2. The number of rotatable bonds is 7. The Morgan fingerprint density at radius 3 is 2.66 bits per heavy atom. The third-order valence-electron chi connectivity index (χ3n) is 6.22. The molecule has 0 atom stereocenters.